The molecule has 1 N–H and O–H groups in total. The number of ether oxygens (including phenoxy) is 1. The fourth-order valence-electron chi connectivity index (χ4n) is 1.39. The Labute approximate surface area is 67.9 Å². The van der Waals surface area contributed by atoms with Crippen LogP contribution in [0.1, 0.15) is 19.3 Å². The summed E-state index contributed by atoms with van der Waals surface area (Å²) < 4.78 is 5.12. The first kappa shape index (κ1) is 8.75. The van der Waals surface area contributed by atoms with Gasteiger partial charge in [0, 0.05) is 5.92 Å². The van der Waals surface area contributed by atoms with E-state index in [2.05, 4.69) is 6.58 Å². The van der Waals surface area contributed by atoms with Gasteiger partial charge in [0.25, 0.3) is 0 Å². The molecule has 1 aliphatic rings. The Balaban J connectivity index is 2.10. The van der Waals surface area contributed by atoms with Crippen molar-refractivity contribution in [3.8, 4) is 0 Å². The van der Waals surface area contributed by atoms with Gasteiger partial charge in [0.1, 0.15) is 0 Å². The van der Waals surface area contributed by atoms with E-state index in [0.717, 1.165) is 25.9 Å². The molecular formula is C9H16O2. The average molecular weight is 156 g/mol. The monoisotopic (exact) mass is 156 g/mol. The van der Waals surface area contributed by atoms with E-state index in [-0.39, 0.29) is 6.10 Å². The number of unbranched alkanes of at least 4 members (excludes halogenated alkanes) is 1. The van der Waals surface area contributed by atoms with Crippen LogP contribution in [0.2, 0.25) is 0 Å². The largest absolute Gasteiger partial charge is 0.390 e. The Morgan fingerprint density at radius 3 is 2.91 bits per heavy atom. The van der Waals surface area contributed by atoms with E-state index < -0.39 is 0 Å². The van der Waals surface area contributed by atoms with Gasteiger partial charge in [-0.3, -0.25) is 0 Å². The lowest BCUT2D eigenvalue weighted by Gasteiger charge is -2.10. The molecule has 0 bridgehead atoms. The van der Waals surface area contributed by atoms with Crippen LogP contribution in [0.15, 0.2) is 12.7 Å². The van der Waals surface area contributed by atoms with Gasteiger partial charge in [0.2, 0.25) is 0 Å². The van der Waals surface area contributed by atoms with Crippen molar-refractivity contribution in [1.82, 2.24) is 0 Å². The van der Waals surface area contributed by atoms with Crippen LogP contribution in [-0.4, -0.2) is 24.4 Å². The highest BCUT2D eigenvalue weighted by Crippen LogP contribution is 2.19. The van der Waals surface area contributed by atoms with Crippen LogP contribution in [0.3, 0.4) is 0 Å². The van der Waals surface area contributed by atoms with E-state index in [0.29, 0.717) is 12.5 Å². The molecule has 1 aliphatic heterocycles. The van der Waals surface area contributed by atoms with Gasteiger partial charge < -0.3 is 9.84 Å². The zero-order chi connectivity index (χ0) is 8.10. The second-order valence-corrected chi connectivity index (χ2v) is 3.08. The third kappa shape index (κ3) is 2.64. The Morgan fingerprint density at radius 1 is 1.55 bits per heavy atom. The van der Waals surface area contributed by atoms with Crippen LogP contribution in [0.25, 0.3) is 0 Å². The first-order chi connectivity index (χ1) is 5.34. The maximum Gasteiger partial charge on any atom is 0.0823 e. The molecule has 0 aliphatic carbocycles. The third-order valence-electron chi connectivity index (χ3n) is 2.15. The summed E-state index contributed by atoms with van der Waals surface area (Å²) in [6.07, 6.45) is 4.92. The van der Waals surface area contributed by atoms with Gasteiger partial charge in [-0.1, -0.05) is 6.08 Å². The molecule has 0 amide bonds. The van der Waals surface area contributed by atoms with Crippen molar-refractivity contribution >= 4 is 0 Å². The molecular weight excluding hydrogens is 140 g/mol. The minimum absolute atomic E-state index is 0.222. The van der Waals surface area contributed by atoms with Gasteiger partial charge in [-0.25, -0.2) is 0 Å². The van der Waals surface area contributed by atoms with E-state index in [1.165, 1.54) is 0 Å². The number of aliphatic hydroxyl groups excluding tert-OH is 1. The van der Waals surface area contributed by atoms with Gasteiger partial charge in [0.05, 0.1) is 19.3 Å². The summed E-state index contributed by atoms with van der Waals surface area (Å²) in [4.78, 5) is 0. The Hall–Kier alpha value is -0.340. The van der Waals surface area contributed by atoms with Gasteiger partial charge in [-0.15, -0.1) is 6.58 Å². The SMILES string of the molecule is C=CCCC[C@@H]1COC[C@H]1O. The summed E-state index contributed by atoms with van der Waals surface area (Å²) in [5.41, 5.74) is 0. The first-order valence-electron chi connectivity index (χ1n) is 4.21. The zero-order valence-electron chi connectivity index (χ0n) is 6.83. The quantitative estimate of drug-likeness (QED) is 0.492. The van der Waals surface area contributed by atoms with Crippen LogP contribution in [-0.2, 0) is 4.74 Å². The minimum Gasteiger partial charge on any atom is -0.390 e. The molecule has 2 nitrogen and oxygen atoms in total. The highest BCUT2D eigenvalue weighted by Gasteiger charge is 2.24. The molecule has 1 saturated heterocycles. The van der Waals surface area contributed by atoms with Crippen molar-refractivity contribution in [2.24, 2.45) is 5.92 Å². The van der Waals surface area contributed by atoms with Crippen molar-refractivity contribution in [1.29, 1.82) is 0 Å². The minimum atomic E-state index is -0.222. The van der Waals surface area contributed by atoms with Crippen LogP contribution in [0, 0.1) is 5.92 Å². The fraction of sp³-hybridized carbons (Fsp3) is 0.778. The lowest BCUT2D eigenvalue weighted by molar-refractivity contribution is 0.117. The second kappa shape index (κ2) is 4.52. The molecule has 64 valence electrons. The van der Waals surface area contributed by atoms with Crippen LogP contribution in [0.4, 0.5) is 0 Å². The topological polar surface area (TPSA) is 29.5 Å². The third-order valence-corrected chi connectivity index (χ3v) is 2.15. The molecule has 11 heavy (non-hydrogen) atoms. The molecule has 1 fully saturated rings. The molecule has 0 unspecified atom stereocenters. The lowest BCUT2D eigenvalue weighted by atomic mass is 9.99. The summed E-state index contributed by atoms with van der Waals surface area (Å²) in [5.74, 6) is 0.370. The molecule has 1 rings (SSSR count). The molecule has 0 spiro atoms. The van der Waals surface area contributed by atoms with Crippen LogP contribution >= 0.6 is 0 Å². The molecule has 0 aromatic heterocycles. The molecule has 0 aromatic rings. The molecule has 1 heterocycles. The Bertz CT molecular complexity index is 123. The Morgan fingerprint density at radius 2 is 2.36 bits per heavy atom. The zero-order valence-corrected chi connectivity index (χ0v) is 6.83. The van der Waals surface area contributed by atoms with E-state index in [1.54, 1.807) is 0 Å². The van der Waals surface area contributed by atoms with Crippen molar-refractivity contribution in [3.05, 3.63) is 12.7 Å². The number of aliphatic hydroxyl groups is 1. The fourth-order valence-corrected chi connectivity index (χ4v) is 1.39. The van der Waals surface area contributed by atoms with Crippen LogP contribution < -0.4 is 0 Å². The van der Waals surface area contributed by atoms with Crippen molar-refractivity contribution < 1.29 is 9.84 Å². The predicted molar refractivity (Wildman–Crippen MR) is 44.4 cm³/mol. The summed E-state index contributed by atoms with van der Waals surface area (Å²) in [6.45, 7) is 4.91. The normalized spacial score (nSPS) is 30.6. The summed E-state index contributed by atoms with van der Waals surface area (Å²) >= 11 is 0. The number of rotatable bonds is 4. The summed E-state index contributed by atoms with van der Waals surface area (Å²) in [5, 5.41) is 9.34. The number of allylic oxidation sites excluding steroid dienone is 1. The van der Waals surface area contributed by atoms with E-state index in [9.17, 15) is 5.11 Å². The lowest BCUT2D eigenvalue weighted by Crippen LogP contribution is -2.17. The first-order valence-corrected chi connectivity index (χ1v) is 4.21. The van der Waals surface area contributed by atoms with Gasteiger partial charge in [-0.05, 0) is 19.3 Å². The molecule has 0 saturated carbocycles. The van der Waals surface area contributed by atoms with Crippen molar-refractivity contribution in [2.45, 2.75) is 25.4 Å². The molecule has 2 atom stereocenters. The second-order valence-electron chi connectivity index (χ2n) is 3.08. The molecule has 0 aromatic carbocycles. The van der Waals surface area contributed by atoms with E-state index >= 15 is 0 Å². The van der Waals surface area contributed by atoms with Crippen molar-refractivity contribution in [2.75, 3.05) is 13.2 Å². The predicted octanol–water partition coefficient (Wildman–Crippen LogP) is 1.35. The summed E-state index contributed by atoms with van der Waals surface area (Å²) in [7, 11) is 0. The van der Waals surface area contributed by atoms with Gasteiger partial charge in [-0.2, -0.15) is 0 Å². The smallest absolute Gasteiger partial charge is 0.0823 e. The van der Waals surface area contributed by atoms with Gasteiger partial charge in [0.15, 0.2) is 0 Å². The van der Waals surface area contributed by atoms with E-state index in [1.807, 2.05) is 6.08 Å². The number of hydrogen-bond acceptors (Lipinski definition) is 2. The van der Waals surface area contributed by atoms with Crippen LogP contribution in [0.5, 0.6) is 0 Å². The average Bonchev–Trinajstić information content (AvgIpc) is 2.37. The maximum atomic E-state index is 9.34. The standard InChI is InChI=1S/C9H16O2/c1-2-3-4-5-8-6-11-7-9(8)10/h2,8-10H,1,3-7H2/t8-,9-/m1/s1. The summed E-state index contributed by atoms with van der Waals surface area (Å²) in [6, 6.07) is 0. The Kier molecular flexibility index (Phi) is 3.60. The molecule has 2 heteroatoms. The molecule has 0 radical (unpaired) electrons. The highest BCUT2D eigenvalue weighted by molar-refractivity contribution is 4.75. The van der Waals surface area contributed by atoms with Crippen molar-refractivity contribution in [3.63, 3.8) is 0 Å². The highest BCUT2D eigenvalue weighted by atomic mass is 16.5. The van der Waals surface area contributed by atoms with Gasteiger partial charge >= 0.3 is 0 Å². The maximum absolute atomic E-state index is 9.34. The number of hydrogen-bond donors (Lipinski definition) is 1. The van der Waals surface area contributed by atoms with E-state index in [4.69, 9.17) is 4.74 Å².